The SMILES string of the molecule is CC(C)CCNC(=O)[C@@H]1CSCN1C(=O)c1ccc(Cl)o1. The van der Waals surface area contributed by atoms with Gasteiger partial charge in [0.15, 0.2) is 11.0 Å². The highest BCUT2D eigenvalue weighted by Crippen LogP contribution is 2.24. The third-order valence-electron chi connectivity index (χ3n) is 3.25. The van der Waals surface area contributed by atoms with Gasteiger partial charge in [0.25, 0.3) is 5.91 Å². The molecule has 0 radical (unpaired) electrons. The molecule has 2 rings (SSSR count). The Bertz CT molecular complexity index is 518. The van der Waals surface area contributed by atoms with Gasteiger partial charge in [-0.15, -0.1) is 11.8 Å². The number of nitrogens with zero attached hydrogens (tertiary/aromatic N) is 1. The van der Waals surface area contributed by atoms with Crippen molar-refractivity contribution in [3.8, 4) is 0 Å². The summed E-state index contributed by atoms with van der Waals surface area (Å²) in [7, 11) is 0. The van der Waals surface area contributed by atoms with Crippen molar-refractivity contribution in [1.82, 2.24) is 10.2 Å². The number of carbonyl (C=O) groups is 2. The van der Waals surface area contributed by atoms with Crippen LogP contribution in [0.3, 0.4) is 0 Å². The van der Waals surface area contributed by atoms with Crippen LogP contribution in [-0.2, 0) is 4.79 Å². The van der Waals surface area contributed by atoms with Gasteiger partial charge in [0.2, 0.25) is 5.91 Å². The average Bonchev–Trinajstić information content (AvgIpc) is 3.05. The molecule has 21 heavy (non-hydrogen) atoms. The largest absolute Gasteiger partial charge is 0.440 e. The van der Waals surface area contributed by atoms with Gasteiger partial charge >= 0.3 is 0 Å². The smallest absolute Gasteiger partial charge is 0.291 e. The van der Waals surface area contributed by atoms with E-state index in [0.29, 0.717) is 24.1 Å². The van der Waals surface area contributed by atoms with Crippen LogP contribution in [0.5, 0.6) is 0 Å². The van der Waals surface area contributed by atoms with Crippen LogP contribution in [-0.4, -0.2) is 40.9 Å². The summed E-state index contributed by atoms with van der Waals surface area (Å²) in [5.74, 6) is 1.39. The Hall–Kier alpha value is -1.14. The summed E-state index contributed by atoms with van der Waals surface area (Å²) in [6.45, 7) is 4.84. The van der Waals surface area contributed by atoms with E-state index in [9.17, 15) is 9.59 Å². The van der Waals surface area contributed by atoms with Gasteiger partial charge in [0.1, 0.15) is 6.04 Å². The van der Waals surface area contributed by atoms with Gasteiger partial charge in [0.05, 0.1) is 5.88 Å². The van der Waals surface area contributed by atoms with E-state index in [2.05, 4.69) is 19.2 Å². The molecular formula is C14H19ClN2O3S. The third-order valence-corrected chi connectivity index (χ3v) is 4.47. The second-order valence-electron chi connectivity index (χ2n) is 5.37. The van der Waals surface area contributed by atoms with Gasteiger partial charge in [0, 0.05) is 12.3 Å². The highest BCUT2D eigenvalue weighted by atomic mass is 35.5. The number of carbonyl (C=O) groups excluding carboxylic acids is 2. The predicted molar refractivity (Wildman–Crippen MR) is 83.5 cm³/mol. The fourth-order valence-corrected chi connectivity index (χ4v) is 3.33. The molecule has 1 N–H and O–H groups in total. The number of rotatable bonds is 5. The molecule has 1 aliphatic rings. The first-order valence-electron chi connectivity index (χ1n) is 6.90. The molecule has 1 aromatic heterocycles. The molecule has 0 unspecified atom stereocenters. The van der Waals surface area contributed by atoms with Crippen LogP contribution < -0.4 is 5.32 Å². The Morgan fingerprint density at radius 3 is 2.90 bits per heavy atom. The molecule has 116 valence electrons. The molecule has 1 aromatic rings. The van der Waals surface area contributed by atoms with Crippen molar-refractivity contribution >= 4 is 35.2 Å². The molecule has 5 nitrogen and oxygen atoms in total. The molecule has 2 heterocycles. The number of furan rings is 1. The summed E-state index contributed by atoms with van der Waals surface area (Å²) in [4.78, 5) is 26.1. The van der Waals surface area contributed by atoms with Crippen LogP contribution >= 0.6 is 23.4 Å². The molecular weight excluding hydrogens is 312 g/mol. The molecule has 1 aliphatic heterocycles. The normalized spacial score (nSPS) is 18.3. The first-order valence-corrected chi connectivity index (χ1v) is 8.44. The zero-order valence-corrected chi connectivity index (χ0v) is 13.7. The van der Waals surface area contributed by atoms with Gasteiger partial charge in [-0.25, -0.2) is 0 Å². The van der Waals surface area contributed by atoms with Crippen molar-refractivity contribution in [2.75, 3.05) is 18.2 Å². The van der Waals surface area contributed by atoms with Crippen molar-refractivity contribution in [2.45, 2.75) is 26.3 Å². The number of halogens is 1. The topological polar surface area (TPSA) is 62.6 Å². The highest BCUT2D eigenvalue weighted by molar-refractivity contribution is 7.99. The number of hydrogen-bond donors (Lipinski definition) is 1. The van der Waals surface area contributed by atoms with Gasteiger partial charge < -0.3 is 14.6 Å². The van der Waals surface area contributed by atoms with Crippen LogP contribution in [0.4, 0.5) is 0 Å². The third kappa shape index (κ3) is 4.17. The van der Waals surface area contributed by atoms with E-state index >= 15 is 0 Å². The number of thioether (sulfide) groups is 1. The summed E-state index contributed by atoms with van der Waals surface area (Å²) in [6.07, 6.45) is 0.924. The van der Waals surface area contributed by atoms with E-state index in [4.69, 9.17) is 16.0 Å². The Morgan fingerprint density at radius 2 is 2.29 bits per heavy atom. The summed E-state index contributed by atoms with van der Waals surface area (Å²) >= 11 is 7.24. The van der Waals surface area contributed by atoms with Gasteiger partial charge in [-0.3, -0.25) is 9.59 Å². The maximum absolute atomic E-state index is 12.3. The van der Waals surface area contributed by atoms with Crippen molar-refractivity contribution in [3.63, 3.8) is 0 Å². The lowest BCUT2D eigenvalue weighted by Gasteiger charge is -2.22. The number of hydrogen-bond acceptors (Lipinski definition) is 4. The van der Waals surface area contributed by atoms with Crippen LogP contribution in [0.1, 0.15) is 30.8 Å². The molecule has 0 aromatic carbocycles. The lowest BCUT2D eigenvalue weighted by Crippen LogP contribution is -2.47. The standard InChI is InChI=1S/C14H19ClN2O3S/c1-9(2)5-6-16-13(18)10-7-21-8-17(10)14(19)11-3-4-12(15)20-11/h3-4,9-10H,5-8H2,1-2H3,(H,16,18)/t10-/m0/s1. The summed E-state index contributed by atoms with van der Waals surface area (Å²) in [5.41, 5.74) is 0. The molecule has 1 saturated heterocycles. The molecule has 1 fully saturated rings. The molecule has 0 aliphatic carbocycles. The minimum atomic E-state index is -0.446. The second-order valence-corrected chi connectivity index (χ2v) is 6.74. The quantitative estimate of drug-likeness (QED) is 0.901. The zero-order valence-electron chi connectivity index (χ0n) is 12.1. The Labute approximate surface area is 133 Å². The lowest BCUT2D eigenvalue weighted by atomic mass is 10.1. The Morgan fingerprint density at radius 1 is 1.52 bits per heavy atom. The van der Waals surface area contributed by atoms with Crippen molar-refractivity contribution in [3.05, 3.63) is 23.1 Å². The van der Waals surface area contributed by atoms with Crippen molar-refractivity contribution in [1.29, 1.82) is 0 Å². The first-order chi connectivity index (χ1) is 9.99. The van der Waals surface area contributed by atoms with E-state index < -0.39 is 6.04 Å². The van der Waals surface area contributed by atoms with Gasteiger partial charge in [-0.2, -0.15) is 0 Å². The van der Waals surface area contributed by atoms with Crippen LogP contribution in [0.15, 0.2) is 16.5 Å². The van der Waals surface area contributed by atoms with Crippen LogP contribution in [0.2, 0.25) is 5.22 Å². The van der Waals surface area contributed by atoms with E-state index in [-0.39, 0.29) is 22.8 Å². The fraction of sp³-hybridized carbons (Fsp3) is 0.571. The minimum Gasteiger partial charge on any atom is -0.440 e. The monoisotopic (exact) mass is 330 g/mol. The molecule has 2 amide bonds. The molecule has 0 saturated carbocycles. The molecule has 0 bridgehead atoms. The van der Waals surface area contributed by atoms with E-state index in [0.717, 1.165) is 6.42 Å². The van der Waals surface area contributed by atoms with Gasteiger partial charge in [-0.05, 0) is 36.1 Å². The second kappa shape index (κ2) is 7.22. The summed E-state index contributed by atoms with van der Waals surface area (Å²) < 4.78 is 5.13. The van der Waals surface area contributed by atoms with Crippen LogP contribution in [0.25, 0.3) is 0 Å². The van der Waals surface area contributed by atoms with Crippen LogP contribution in [0, 0.1) is 5.92 Å². The van der Waals surface area contributed by atoms with Crippen molar-refractivity contribution < 1.29 is 14.0 Å². The lowest BCUT2D eigenvalue weighted by molar-refractivity contribution is -0.124. The van der Waals surface area contributed by atoms with E-state index in [1.54, 1.807) is 11.8 Å². The zero-order chi connectivity index (χ0) is 15.4. The maximum atomic E-state index is 12.3. The average molecular weight is 331 g/mol. The molecule has 0 spiro atoms. The maximum Gasteiger partial charge on any atom is 0.291 e. The first kappa shape index (κ1) is 16.2. The predicted octanol–water partition coefficient (Wildman–Crippen LogP) is 2.61. The highest BCUT2D eigenvalue weighted by Gasteiger charge is 2.36. The molecule has 1 atom stereocenters. The summed E-state index contributed by atoms with van der Waals surface area (Å²) in [6, 6.07) is 2.61. The summed E-state index contributed by atoms with van der Waals surface area (Å²) in [5, 5.41) is 3.06. The van der Waals surface area contributed by atoms with E-state index in [1.807, 2.05) is 0 Å². The molecule has 7 heteroatoms. The minimum absolute atomic E-state index is 0.105. The van der Waals surface area contributed by atoms with Crippen molar-refractivity contribution in [2.24, 2.45) is 5.92 Å². The van der Waals surface area contributed by atoms with E-state index in [1.165, 1.54) is 17.0 Å². The Kier molecular flexibility index (Phi) is 5.58. The Balaban J connectivity index is 1.96. The number of amides is 2. The van der Waals surface area contributed by atoms with Gasteiger partial charge in [-0.1, -0.05) is 13.8 Å². The number of nitrogens with one attached hydrogen (secondary N) is 1. The fourth-order valence-electron chi connectivity index (χ4n) is 2.03.